The van der Waals surface area contributed by atoms with E-state index in [1.165, 1.54) is 0 Å². The summed E-state index contributed by atoms with van der Waals surface area (Å²) in [6, 6.07) is 26.2. The first-order valence-electron chi connectivity index (χ1n) is 10.5. The Hall–Kier alpha value is -3.95. The number of aromatic nitrogens is 2. The van der Waals surface area contributed by atoms with E-state index in [0.29, 0.717) is 22.8 Å². The third-order valence-electron chi connectivity index (χ3n) is 5.12. The third-order valence-corrected chi connectivity index (χ3v) is 6.30. The highest BCUT2D eigenvalue weighted by Crippen LogP contribution is 2.27. The van der Waals surface area contributed by atoms with Crippen molar-refractivity contribution < 1.29 is 14.5 Å². The number of nitrogens with one attached hydrogen (secondary N) is 3. The van der Waals surface area contributed by atoms with Crippen LogP contribution in [-0.2, 0) is 24.6 Å². The van der Waals surface area contributed by atoms with Gasteiger partial charge in [0.2, 0.25) is 0 Å². The largest absolute Gasteiger partial charge is 0.412 e. The molecule has 0 saturated carbocycles. The van der Waals surface area contributed by atoms with Crippen molar-refractivity contribution in [1.29, 1.82) is 0 Å². The number of hydrogen-bond acceptors (Lipinski definition) is 3. The minimum absolute atomic E-state index is 0. The Kier molecular flexibility index (Phi) is 8.18. The Morgan fingerprint density at radius 2 is 1.59 bits per heavy atom. The van der Waals surface area contributed by atoms with Crippen molar-refractivity contribution in [2.45, 2.75) is 18.4 Å². The second-order valence-electron chi connectivity index (χ2n) is 7.52. The third kappa shape index (κ3) is 6.09. The van der Waals surface area contributed by atoms with Gasteiger partial charge in [-0.15, -0.1) is 0 Å². The summed E-state index contributed by atoms with van der Waals surface area (Å²) in [5.41, 5.74) is 5.07. The number of nitrogens with zero attached hydrogens (tertiary/aromatic N) is 2. The summed E-state index contributed by atoms with van der Waals surface area (Å²) in [7, 11) is 0.416. The summed E-state index contributed by atoms with van der Waals surface area (Å²) < 4.78 is 17.8. The van der Waals surface area contributed by atoms with Gasteiger partial charge in [-0.3, -0.25) is 4.68 Å². The molecule has 34 heavy (non-hydrogen) atoms. The fraction of sp³-hybridized carbons (Fsp3) is 0.120. The average Bonchev–Trinajstić information content (AvgIpc) is 3.16. The quantitative estimate of drug-likeness (QED) is 0.373. The van der Waals surface area contributed by atoms with Crippen LogP contribution >= 0.6 is 0 Å². The van der Waals surface area contributed by atoms with Crippen LogP contribution in [0, 0.1) is 6.92 Å². The van der Waals surface area contributed by atoms with E-state index < -0.39 is 11.0 Å². The number of urea groups is 1. The zero-order chi connectivity index (χ0) is 23.2. The number of anilines is 2. The van der Waals surface area contributed by atoms with Gasteiger partial charge in [0.05, 0.1) is 17.1 Å². The summed E-state index contributed by atoms with van der Waals surface area (Å²) >= 11 is 0. The molecular weight excluding hydrogens is 450 g/mol. The molecule has 2 amide bonds. The van der Waals surface area contributed by atoms with Crippen LogP contribution in [-0.4, -0.2) is 25.5 Å². The lowest BCUT2D eigenvalue weighted by Crippen LogP contribution is -2.28. The molecule has 9 heteroatoms. The summed E-state index contributed by atoms with van der Waals surface area (Å²) in [5, 5.41) is 9.89. The normalized spacial score (nSPS) is 11.2. The molecule has 1 aromatic heterocycles. The SMILES string of the molecule is Cc1cc(CNC(=O)Nc2ccc(NS(=O)c3ccccc3-c3ccccc3)cc2)nn1C.O. The van der Waals surface area contributed by atoms with Crippen LogP contribution in [0.4, 0.5) is 16.2 Å². The van der Waals surface area contributed by atoms with Gasteiger partial charge in [0.15, 0.2) is 11.0 Å². The number of amides is 2. The predicted molar refractivity (Wildman–Crippen MR) is 136 cm³/mol. The molecule has 0 aliphatic carbocycles. The Morgan fingerprint density at radius 1 is 0.941 bits per heavy atom. The minimum atomic E-state index is -1.45. The number of carbonyl (C=O) groups is 1. The summed E-state index contributed by atoms with van der Waals surface area (Å²) in [4.78, 5) is 12.9. The first kappa shape index (κ1) is 24.7. The number of rotatable bonds is 7. The number of hydrogen-bond donors (Lipinski definition) is 3. The lowest BCUT2D eigenvalue weighted by atomic mass is 10.1. The van der Waals surface area contributed by atoms with Gasteiger partial charge < -0.3 is 20.8 Å². The molecule has 5 N–H and O–H groups in total. The second kappa shape index (κ2) is 11.3. The fourth-order valence-electron chi connectivity index (χ4n) is 3.34. The van der Waals surface area contributed by atoms with Crippen LogP contribution in [0.25, 0.3) is 11.1 Å². The monoisotopic (exact) mass is 477 g/mol. The van der Waals surface area contributed by atoms with Crippen LogP contribution in [0.5, 0.6) is 0 Å². The zero-order valence-corrected chi connectivity index (χ0v) is 19.7. The Labute approximate surface area is 200 Å². The average molecular weight is 478 g/mol. The Bertz CT molecular complexity index is 1250. The number of carbonyl (C=O) groups excluding carboxylic acids is 1. The van der Waals surface area contributed by atoms with Crippen molar-refractivity contribution in [1.82, 2.24) is 15.1 Å². The van der Waals surface area contributed by atoms with Crippen molar-refractivity contribution in [3.8, 4) is 11.1 Å². The van der Waals surface area contributed by atoms with Crippen LogP contribution in [0.1, 0.15) is 11.4 Å². The maximum Gasteiger partial charge on any atom is 0.319 e. The first-order chi connectivity index (χ1) is 16.0. The van der Waals surface area contributed by atoms with E-state index in [0.717, 1.165) is 22.5 Å². The maximum atomic E-state index is 13.0. The van der Waals surface area contributed by atoms with Crippen LogP contribution in [0.2, 0.25) is 0 Å². The molecule has 8 nitrogen and oxygen atoms in total. The highest BCUT2D eigenvalue weighted by atomic mass is 32.2. The molecule has 4 aromatic rings. The molecule has 0 aliphatic heterocycles. The van der Waals surface area contributed by atoms with Crippen molar-refractivity contribution in [3.05, 3.63) is 96.3 Å². The zero-order valence-electron chi connectivity index (χ0n) is 18.9. The lowest BCUT2D eigenvalue weighted by Gasteiger charge is -2.12. The highest BCUT2D eigenvalue weighted by molar-refractivity contribution is 7.86. The van der Waals surface area contributed by atoms with Crippen molar-refractivity contribution >= 4 is 28.4 Å². The van der Waals surface area contributed by atoms with Gasteiger partial charge in [0.1, 0.15) is 0 Å². The molecule has 0 bridgehead atoms. The predicted octanol–water partition coefficient (Wildman–Crippen LogP) is 4.03. The molecule has 4 rings (SSSR count). The molecular formula is C25H27N5O3S. The van der Waals surface area contributed by atoms with Gasteiger partial charge in [-0.25, -0.2) is 9.00 Å². The number of aryl methyl sites for hydroxylation is 2. The Morgan fingerprint density at radius 3 is 2.26 bits per heavy atom. The molecule has 1 atom stereocenters. The molecule has 3 aromatic carbocycles. The lowest BCUT2D eigenvalue weighted by molar-refractivity contribution is 0.251. The second-order valence-corrected chi connectivity index (χ2v) is 8.70. The molecule has 176 valence electrons. The smallest absolute Gasteiger partial charge is 0.319 e. The molecule has 0 saturated heterocycles. The van der Waals surface area contributed by atoms with Gasteiger partial charge >= 0.3 is 6.03 Å². The van der Waals surface area contributed by atoms with Gasteiger partial charge in [-0.05, 0) is 54.4 Å². The van der Waals surface area contributed by atoms with Crippen LogP contribution in [0.15, 0.2) is 89.8 Å². The topological polar surface area (TPSA) is 120 Å². The molecule has 0 radical (unpaired) electrons. The van der Waals surface area contributed by atoms with Gasteiger partial charge in [0, 0.05) is 24.1 Å². The van der Waals surface area contributed by atoms with Crippen LogP contribution < -0.4 is 15.4 Å². The molecule has 0 spiro atoms. The summed E-state index contributed by atoms with van der Waals surface area (Å²) in [6.45, 7) is 2.30. The maximum absolute atomic E-state index is 13.0. The highest BCUT2D eigenvalue weighted by Gasteiger charge is 2.11. The van der Waals surface area contributed by atoms with E-state index in [4.69, 9.17) is 0 Å². The number of benzene rings is 3. The standard InChI is InChI=1S/C25H25N5O2S.H2O/c1-18-16-22(28-30(18)2)17-26-25(31)27-20-12-14-21(15-13-20)29-33(32)24-11-7-6-10-23(24)19-8-4-3-5-9-19;/h3-16,29H,17H2,1-2H3,(H2,26,27,31);1H2. The summed E-state index contributed by atoms with van der Waals surface area (Å²) in [6.07, 6.45) is 0. The minimum Gasteiger partial charge on any atom is -0.412 e. The first-order valence-corrected chi connectivity index (χ1v) is 11.6. The van der Waals surface area contributed by atoms with Gasteiger partial charge in [-0.1, -0.05) is 48.5 Å². The van der Waals surface area contributed by atoms with Crippen molar-refractivity contribution in [2.75, 3.05) is 10.0 Å². The van der Waals surface area contributed by atoms with E-state index in [1.54, 1.807) is 28.9 Å². The van der Waals surface area contributed by atoms with E-state index in [2.05, 4.69) is 20.5 Å². The van der Waals surface area contributed by atoms with E-state index in [-0.39, 0.29) is 11.5 Å². The van der Waals surface area contributed by atoms with E-state index >= 15 is 0 Å². The van der Waals surface area contributed by atoms with E-state index in [9.17, 15) is 9.00 Å². The van der Waals surface area contributed by atoms with Crippen LogP contribution in [0.3, 0.4) is 0 Å². The van der Waals surface area contributed by atoms with E-state index in [1.807, 2.05) is 74.6 Å². The molecule has 0 aliphatic rings. The van der Waals surface area contributed by atoms with Gasteiger partial charge in [0.25, 0.3) is 0 Å². The Balaban J connectivity index is 0.00000324. The van der Waals surface area contributed by atoms with Gasteiger partial charge in [-0.2, -0.15) is 5.10 Å². The molecule has 1 heterocycles. The fourth-order valence-corrected chi connectivity index (χ4v) is 4.38. The molecule has 0 fully saturated rings. The van der Waals surface area contributed by atoms with Crippen molar-refractivity contribution in [2.24, 2.45) is 7.05 Å². The van der Waals surface area contributed by atoms with Crippen molar-refractivity contribution in [3.63, 3.8) is 0 Å². The molecule has 1 unspecified atom stereocenters. The summed E-state index contributed by atoms with van der Waals surface area (Å²) in [5.74, 6) is 0.